The molecule has 1 saturated heterocycles. The van der Waals surface area contributed by atoms with Crippen LogP contribution in [0.4, 0.5) is 4.39 Å². The number of benzene rings is 1. The summed E-state index contributed by atoms with van der Waals surface area (Å²) in [6, 6.07) is 1.74. The van der Waals surface area contributed by atoms with E-state index in [2.05, 4.69) is 0 Å². The molecule has 0 spiro atoms. The van der Waals surface area contributed by atoms with Gasteiger partial charge in [-0.3, -0.25) is 4.79 Å². The molecule has 0 N–H and O–H groups in total. The van der Waals surface area contributed by atoms with Gasteiger partial charge in [0.1, 0.15) is 5.82 Å². The molecule has 1 fully saturated rings. The predicted octanol–water partition coefficient (Wildman–Crippen LogP) is 3.42. The van der Waals surface area contributed by atoms with Crippen LogP contribution in [0.15, 0.2) is 17.0 Å². The highest BCUT2D eigenvalue weighted by atomic mass is 35.7. The van der Waals surface area contributed by atoms with E-state index in [9.17, 15) is 17.6 Å². The summed E-state index contributed by atoms with van der Waals surface area (Å²) in [7, 11) is 1.08. The van der Waals surface area contributed by atoms with E-state index >= 15 is 0 Å². The fourth-order valence-corrected chi connectivity index (χ4v) is 3.26. The summed E-state index contributed by atoms with van der Waals surface area (Å²) in [5.74, 6) is -1.44. The molecule has 0 aromatic heterocycles. The Morgan fingerprint density at radius 2 is 1.71 bits per heavy atom. The summed E-state index contributed by atoms with van der Waals surface area (Å²) in [4.78, 5) is 13.5. The molecule has 8 heteroatoms. The third kappa shape index (κ3) is 3.87. The summed E-state index contributed by atoms with van der Waals surface area (Å²) in [6.07, 6.45) is 3.78. The van der Waals surface area contributed by atoms with Crippen molar-refractivity contribution in [2.24, 2.45) is 0 Å². The Morgan fingerprint density at radius 3 is 2.24 bits per heavy atom. The zero-order valence-corrected chi connectivity index (χ0v) is 13.4. The van der Waals surface area contributed by atoms with Crippen LogP contribution in [0.5, 0.6) is 0 Å². The molecule has 4 nitrogen and oxygen atoms in total. The molecular formula is C13H14Cl2FNO3S. The summed E-state index contributed by atoms with van der Waals surface area (Å²) in [6.45, 7) is 1.10. The molecule has 1 aliphatic rings. The van der Waals surface area contributed by atoms with E-state index < -0.39 is 25.7 Å². The van der Waals surface area contributed by atoms with E-state index in [-0.39, 0.29) is 10.6 Å². The highest BCUT2D eigenvalue weighted by Crippen LogP contribution is 2.28. The zero-order chi connectivity index (χ0) is 15.6. The average molecular weight is 354 g/mol. The number of carbonyl (C=O) groups is 1. The first-order chi connectivity index (χ1) is 9.80. The molecule has 0 aliphatic carbocycles. The summed E-state index contributed by atoms with van der Waals surface area (Å²) >= 11 is 5.81. The quantitative estimate of drug-likeness (QED) is 0.765. The Balaban J connectivity index is 2.42. The van der Waals surface area contributed by atoms with Crippen LogP contribution >= 0.6 is 22.3 Å². The van der Waals surface area contributed by atoms with Crippen molar-refractivity contribution in [3.8, 4) is 0 Å². The van der Waals surface area contributed by atoms with Crippen molar-refractivity contribution in [1.82, 2.24) is 4.90 Å². The molecule has 0 atom stereocenters. The summed E-state index contributed by atoms with van der Waals surface area (Å²) in [5.41, 5.74) is -0.169. The lowest BCUT2D eigenvalue weighted by Crippen LogP contribution is -2.32. The van der Waals surface area contributed by atoms with Gasteiger partial charge in [-0.25, -0.2) is 12.8 Å². The van der Waals surface area contributed by atoms with Crippen molar-refractivity contribution in [1.29, 1.82) is 0 Å². The Morgan fingerprint density at radius 1 is 1.14 bits per heavy atom. The number of amides is 1. The Hall–Kier alpha value is -0.850. The van der Waals surface area contributed by atoms with Gasteiger partial charge < -0.3 is 4.90 Å². The lowest BCUT2D eigenvalue weighted by Gasteiger charge is -2.21. The second-order valence-electron chi connectivity index (χ2n) is 4.91. The fraction of sp³-hybridized carbons (Fsp3) is 0.462. The number of hydrogen-bond acceptors (Lipinski definition) is 3. The molecule has 116 valence electrons. The third-order valence-corrected chi connectivity index (χ3v) is 5.12. The molecule has 1 aromatic carbocycles. The van der Waals surface area contributed by atoms with Crippen molar-refractivity contribution in [2.75, 3.05) is 13.1 Å². The van der Waals surface area contributed by atoms with Gasteiger partial charge in [0.2, 0.25) is 0 Å². The molecule has 0 bridgehead atoms. The van der Waals surface area contributed by atoms with Crippen LogP contribution in [0.2, 0.25) is 5.02 Å². The molecule has 0 unspecified atom stereocenters. The van der Waals surface area contributed by atoms with Crippen LogP contribution in [-0.4, -0.2) is 32.3 Å². The number of hydrogen-bond donors (Lipinski definition) is 0. The molecule has 1 amide bonds. The molecule has 2 rings (SSSR count). The van der Waals surface area contributed by atoms with Gasteiger partial charge in [-0.1, -0.05) is 24.4 Å². The first-order valence-corrected chi connectivity index (χ1v) is 9.22. The highest BCUT2D eigenvalue weighted by molar-refractivity contribution is 8.13. The molecule has 21 heavy (non-hydrogen) atoms. The largest absolute Gasteiger partial charge is 0.339 e. The molecule has 0 saturated carbocycles. The van der Waals surface area contributed by atoms with Crippen LogP contribution < -0.4 is 0 Å². The number of halogens is 3. The minimum Gasteiger partial charge on any atom is -0.339 e. The molecule has 0 radical (unpaired) electrons. The van der Waals surface area contributed by atoms with Crippen molar-refractivity contribution in [3.05, 3.63) is 28.5 Å². The predicted molar refractivity (Wildman–Crippen MR) is 78.8 cm³/mol. The maximum atomic E-state index is 13.8. The van der Waals surface area contributed by atoms with E-state index in [1.165, 1.54) is 0 Å². The minimum absolute atomic E-state index is 0.169. The van der Waals surface area contributed by atoms with Gasteiger partial charge in [-0.05, 0) is 25.0 Å². The van der Waals surface area contributed by atoms with E-state index in [0.29, 0.717) is 19.2 Å². The monoisotopic (exact) mass is 353 g/mol. The van der Waals surface area contributed by atoms with Crippen LogP contribution in [0, 0.1) is 5.82 Å². The smallest absolute Gasteiger partial charge is 0.261 e. The number of likely N-dealkylation sites (tertiary alicyclic amines) is 1. The van der Waals surface area contributed by atoms with Crippen molar-refractivity contribution in [3.63, 3.8) is 0 Å². The lowest BCUT2D eigenvalue weighted by molar-refractivity contribution is 0.0761. The fourth-order valence-electron chi connectivity index (χ4n) is 2.30. The molecule has 1 heterocycles. The van der Waals surface area contributed by atoms with E-state index in [1.54, 1.807) is 4.90 Å². The van der Waals surface area contributed by atoms with Crippen molar-refractivity contribution in [2.45, 2.75) is 30.6 Å². The number of rotatable bonds is 2. The van der Waals surface area contributed by atoms with Gasteiger partial charge in [0.15, 0.2) is 0 Å². The van der Waals surface area contributed by atoms with Gasteiger partial charge in [0.25, 0.3) is 15.0 Å². The van der Waals surface area contributed by atoms with E-state index in [1.807, 2.05) is 0 Å². The van der Waals surface area contributed by atoms with Gasteiger partial charge >= 0.3 is 0 Å². The standard InChI is InChI=1S/C13H14Cl2FNO3S/c14-12-10(7-9(8-11(12)16)21(15,19)20)13(18)17-5-3-1-2-4-6-17/h7-8H,1-6H2. The van der Waals surface area contributed by atoms with Gasteiger partial charge in [-0.2, -0.15) is 0 Å². The minimum atomic E-state index is -4.13. The third-order valence-electron chi connectivity index (χ3n) is 3.41. The summed E-state index contributed by atoms with van der Waals surface area (Å²) in [5, 5.41) is -0.381. The van der Waals surface area contributed by atoms with E-state index in [4.69, 9.17) is 22.3 Å². The van der Waals surface area contributed by atoms with Crippen molar-refractivity contribution < 1.29 is 17.6 Å². The topological polar surface area (TPSA) is 54.5 Å². The SMILES string of the molecule is O=C(c1cc(S(=O)(=O)Cl)cc(F)c1Cl)N1CCCCCC1. The van der Waals surface area contributed by atoms with Crippen LogP contribution in [-0.2, 0) is 9.05 Å². The van der Waals surface area contributed by atoms with E-state index in [0.717, 1.165) is 31.7 Å². The highest BCUT2D eigenvalue weighted by Gasteiger charge is 2.24. The number of carbonyl (C=O) groups excluding carboxylic acids is 1. The van der Waals surface area contributed by atoms with Crippen LogP contribution in [0.25, 0.3) is 0 Å². The second-order valence-corrected chi connectivity index (χ2v) is 7.85. The van der Waals surface area contributed by atoms with Crippen LogP contribution in [0.1, 0.15) is 36.0 Å². The zero-order valence-electron chi connectivity index (χ0n) is 11.1. The van der Waals surface area contributed by atoms with Gasteiger partial charge in [0.05, 0.1) is 15.5 Å². The first-order valence-electron chi connectivity index (χ1n) is 6.53. The maximum absolute atomic E-state index is 13.8. The Bertz CT molecular complexity index is 656. The van der Waals surface area contributed by atoms with Gasteiger partial charge in [0, 0.05) is 23.8 Å². The molecule has 1 aliphatic heterocycles. The van der Waals surface area contributed by atoms with Crippen LogP contribution in [0.3, 0.4) is 0 Å². The molecular weight excluding hydrogens is 340 g/mol. The second kappa shape index (κ2) is 6.50. The normalized spacial score (nSPS) is 16.6. The Labute approximate surface area is 132 Å². The first kappa shape index (κ1) is 16.5. The lowest BCUT2D eigenvalue weighted by atomic mass is 10.2. The number of nitrogens with zero attached hydrogens (tertiary/aromatic N) is 1. The molecule has 1 aromatic rings. The average Bonchev–Trinajstić information content (AvgIpc) is 2.68. The Kier molecular flexibility index (Phi) is 5.11. The maximum Gasteiger partial charge on any atom is 0.261 e. The van der Waals surface area contributed by atoms with Crippen molar-refractivity contribution >= 4 is 37.2 Å². The van der Waals surface area contributed by atoms with Gasteiger partial charge in [-0.15, -0.1) is 0 Å². The summed E-state index contributed by atoms with van der Waals surface area (Å²) < 4.78 is 36.4.